The van der Waals surface area contributed by atoms with E-state index >= 15 is 0 Å². The quantitative estimate of drug-likeness (QED) is 0.836. The van der Waals surface area contributed by atoms with Gasteiger partial charge in [0, 0.05) is 12.6 Å². The van der Waals surface area contributed by atoms with E-state index in [9.17, 15) is 14.7 Å². The lowest BCUT2D eigenvalue weighted by atomic mass is 9.93. The fraction of sp³-hybridized carbons (Fsp3) is 0.474. The molecule has 2 rings (SSSR count). The van der Waals surface area contributed by atoms with E-state index in [4.69, 9.17) is 9.47 Å². The standard InChI is InChI=1S/C19H26N2O5/c1-6-11-25-17(23)20(5)16-13-9-7-8-10-14(13)21(12-15(16)22)18(24)26-19(2,3)4/h6-10,15-16,22H,1,11-12H2,2-5H3/t15-,16-/m0/s1. The van der Waals surface area contributed by atoms with Crippen LogP contribution in [0.25, 0.3) is 0 Å². The predicted molar refractivity (Wildman–Crippen MR) is 98.1 cm³/mol. The van der Waals surface area contributed by atoms with Gasteiger partial charge in [0.25, 0.3) is 0 Å². The van der Waals surface area contributed by atoms with Gasteiger partial charge in [0.05, 0.1) is 24.4 Å². The first-order valence-corrected chi connectivity index (χ1v) is 8.43. The molecule has 0 radical (unpaired) electrons. The van der Waals surface area contributed by atoms with E-state index in [0.717, 1.165) is 0 Å². The van der Waals surface area contributed by atoms with Crippen molar-refractivity contribution in [3.05, 3.63) is 42.5 Å². The van der Waals surface area contributed by atoms with Crippen LogP contribution in [0.1, 0.15) is 32.4 Å². The molecule has 0 saturated carbocycles. The van der Waals surface area contributed by atoms with E-state index in [1.807, 2.05) is 0 Å². The maximum atomic E-state index is 12.6. The number of aliphatic hydroxyl groups excluding tert-OH is 1. The van der Waals surface area contributed by atoms with Crippen molar-refractivity contribution in [1.29, 1.82) is 0 Å². The summed E-state index contributed by atoms with van der Waals surface area (Å²) in [6, 6.07) is 6.49. The molecule has 1 aromatic carbocycles. The monoisotopic (exact) mass is 362 g/mol. The zero-order valence-corrected chi connectivity index (χ0v) is 15.6. The average molecular weight is 362 g/mol. The molecule has 2 amide bonds. The zero-order valence-electron chi connectivity index (χ0n) is 15.6. The molecule has 1 N–H and O–H groups in total. The molecular weight excluding hydrogens is 336 g/mol. The Hall–Kier alpha value is -2.54. The number of hydrogen-bond donors (Lipinski definition) is 1. The van der Waals surface area contributed by atoms with Gasteiger partial charge in [-0.3, -0.25) is 4.90 Å². The minimum absolute atomic E-state index is 0.00959. The van der Waals surface area contributed by atoms with Crippen molar-refractivity contribution < 1.29 is 24.2 Å². The fourth-order valence-corrected chi connectivity index (χ4v) is 2.88. The third kappa shape index (κ3) is 4.35. The van der Waals surface area contributed by atoms with Crippen LogP contribution in [-0.4, -0.2) is 54.1 Å². The second-order valence-corrected chi connectivity index (χ2v) is 7.14. The smallest absolute Gasteiger partial charge is 0.414 e. The highest BCUT2D eigenvalue weighted by atomic mass is 16.6. The van der Waals surface area contributed by atoms with E-state index in [1.54, 1.807) is 52.1 Å². The third-order valence-electron chi connectivity index (χ3n) is 3.92. The first-order valence-electron chi connectivity index (χ1n) is 8.43. The molecule has 1 heterocycles. The SMILES string of the molecule is C=CCOC(=O)N(C)[C@H]1c2ccccc2N(C(=O)OC(C)(C)C)C[C@@H]1O. The number of likely N-dealkylation sites (N-methyl/N-ethyl adjacent to an activating group) is 1. The summed E-state index contributed by atoms with van der Waals surface area (Å²) in [5.74, 6) is 0. The Labute approximate surface area is 153 Å². The van der Waals surface area contributed by atoms with Crippen molar-refractivity contribution in [1.82, 2.24) is 4.90 Å². The van der Waals surface area contributed by atoms with Crippen molar-refractivity contribution in [3.63, 3.8) is 0 Å². The van der Waals surface area contributed by atoms with Crippen molar-refractivity contribution in [3.8, 4) is 0 Å². The van der Waals surface area contributed by atoms with Crippen LogP contribution in [-0.2, 0) is 9.47 Å². The summed E-state index contributed by atoms with van der Waals surface area (Å²) < 4.78 is 10.5. The van der Waals surface area contributed by atoms with Gasteiger partial charge >= 0.3 is 12.2 Å². The van der Waals surface area contributed by atoms with Crippen molar-refractivity contribution in [2.45, 2.75) is 38.5 Å². The fourth-order valence-electron chi connectivity index (χ4n) is 2.88. The number of ether oxygens (including phenoxy) is 2. The maximum Gasteiger partial charge on any atom is 0.414 e. The summed E-state index contributed by atoms with van der Waals surface area (Å²) in [7, 11) is 1.55. The summed E-state index contributed by atoms with van der Waals surface area (Å²) in [5, 5.41) is 10.7. The van der Waals surface area contributed by atoms with E-state index < -0.39 is 29.9 Å². The number of carbonyl (C=O) groups is 2. The molecule has 0 bridgehead atoms. The summed E-state index contributed by atoms with van der Waals surface area (Å²) in [5.41, 5.74) is 0.592. The first-order chi connectivity index (χ1) is 12.2. The molecule has 142 valence electrons. The summed E-state index contributed by atoms with van der Waals surface area (Å²) in [6.07, 6.45) is -0.631. The molecule has 26 heavy (non-hydrogen) atoms. The molecule has 1 aromatic rings. The molecule has 0 aliphatic carbocycles. The number of rotatable bonds is 3. The number of carbonyl (C=O) groups excluding carboxylic acids is 2. The number of fused-ring (bicyclic) bond motifs is 1. The lowest BCUT2D eigenvalue weighted by Crippen LogP contribution is -2.51. The highest BCUT2D eigenvalue weighted by Gasteiger charge is 2.40. The molecular formula is C19H26N2O5. The van der Waals surface area contributed by atoms with Crippen LogP contribution in [0.3, 0.4) is 0 Å². The highest BCUT2D eigenvalue weighted by Crippen LogP contribution is 2.38. The third-order valence-corrected chi connectivity index (χ3v) is 3.92. The van der Waals surface area contributed by atoms with Crippen LogP contribution in [0.2, 0.25) is 0 Å². The Morgan fingerprint density at radius 3 is 2.65 bits per heavy atom. The van der Waals surface area contributed by atoms with E-state index in [1.165, 1.54) is 15.9 Å². The molecule has 0 unspecified atom stereocenters. The Bertz CT molecular complexity index is 683. The van der Waals surface area contributed by atoms with Crippen LogP contribution in [0.5, 0.6) is 0 Å². The van der Waals surface area contributed by atoms with Gasteiger partial charge < -0.3 is 19.5 Å². The van der Waals surface area contributed by atoms with Gasteiger partial charge in [0.2, 0.25) is 0 Å². The lowest BCUT2D eigenvalue weighted by molar-refractivity contribution is 0.0372. The van der Waals surface area contributed by atoms with Crippen LogP contribution in [0.4, 0.5) is 15.3 Å². The molecule has 1 aliphatic rings. The van der Waals surface area contributed by atoms with Crippen LogP contribution < -0.4 is 4.90 Å². The second-order valence-electron chi connectivity index (χ2n) is 7.14. The number of anilines is 1. The number of aliphatic hydroxyl groups is 1. The van der Waals surface area contributed by atoms with E-state index in [-0.39, 0.29) is 13.2 Å². The van der Waals surface area contributed by atoms with Crippen molar-refractivity contribution >= 4 is 17.9 Å². The van der Waals surface area contributed by atoms with Crippen LogP contribution in [0.15, 0.2) is 36.9 Å². The number of benzene rings is 1. The van der Waals surface area contributed by atoms with Gasteiger partial charge in [-0.2, -0.15) is 0 Å². The number of nitrogens with zero attached hydrogens (tertiary/aromatic N) is 2. The number of hydrogen-bond acceptors (Lipinski definition) is 5. The van der Waals surface area contributed by atoms with Crippen LogP contribution in [0, 0.1) is 0 Å². The minimum atomic E-state index is -0.987. The molecule has 0 saturated heterocycles. The highest BCUT2D eigenvalue weighted by molar-refractivity contribution is 5.90. The van der Waals surface area contributed by atoms with E-state index in [2.05, 4.69) is 6.58 Å². The molecule has 1 aliphatic heterocycles. The minimum Gasteiger partial charge on any atom is -0.445 e. The lowest BCUT2D eigenvalue weighted by Gasteiger charge is -2.41. The van der Waals surface area contributed by atoms with Gasteiger partial charge in [0.1, 0.15) is 12.2 Å². The maximum absolute atomic E-state index is 12.6. The van der Waals surface area contributed by atoms with Gasteiger partial charge in [0.15, 0.2) is 0 Å². The molecule has 0 aromatic heterocycles. The largest absolute Gasteiger partial charge is 0.445 e. The summed E-state index contributed by atoms with van der Waals surface area (Å²) in [4.78, 5) is 27.5. The number of para-hydroxylation sites is 1. The van der Waals surface area contributed by atoms with E-state index in [0.29, 0.717) is 11.3 Å². The zero-order chi connectivity index (χ0) is 19.5. The Morgan fingerprint density at radius 1 is 1.38 bits per heavy atom. The number of amides is 2. The van der Waals surface area contributed by atoms with Crippen molar-refractivity contribution in [2.75, 3.05) is 25.1 Å². The summed E-state index contributed by atoms with van der Waals surface area (Å²) >= 11 is 0. The van der Waals surface area contributed by atoms with Crippen LogP contribution >= 0.6 is 0 Å². The Morgan fingerprint density at radius 2 is 2.04 bits per heavy atom. The molecule has 0 spiro atoms. The van der Waals surface area contributed by atoms with Crippen molar-refractivity contribution in [2.24, 2.45) is 0 Å². The van der Waals surface area contributed by atoms with Gasteiger partial charge in [-0.05, 0) is 26.8 Å². The molecule has 2 atom stereocenters. The number of β-amino-alcohol motifs (C(OH)–C–C–N with tert-alkyl or cyclic N) is 1. The summed E-state index contributed by atoms with van der Waals surface area (Å²) in [6.45, 7) is 8.94. The normalized spacial score (nSPS) is 19.3. The topological polar surface area (TPSA) is 79.3 Å². The first kappa shape index (κ1) is 19.8. The second kappa shape index (κ2) is 7.78. The van der Waals surface area contributed by atoms with Gasteiger partial charge in [-0.25, -0.2) is 9.59 Å². The molecule has 7 nitrogen and oxygen atoms in total. The predicted octanol–water partition coefficient (Wildman–Crippen LogP) is 3.10. The average Bonchev–Trinajstić information content (AvgIpc) is 2.56. The molecule has 0 fully saturated rings. The Kier molecular flexibility index (Phi) is 5.92. The Balaban J connectivity index is 2.33. The van der Waals surface area contributed by atoms with Gasteiger partial charge in [-0.15, -0.1) is 0 Å². The van der Waals surface area contributed by atoms with Gasteiger partial charge in [-0.1, -0.05) is 30.9 Å². The molecule has 7 heteroatoms.